The van der Waals surface area contributed by atoms with E-state index >= 15 is 0 Å². The number of carbonyl (C=O) groups is 2. The van der Waals surface area contributed by atoms with Gasteiger partial charge in [0, 0.05) is 16.2 Å². The van der Waals surface area contributed by atoms with E-state index in [-0.39, 0.29) is 6.54 Å². The molecule has 2 rings (SSSR count). The first-order valence-electron chi connectivity index (χ1n) is 7.60. The molecule has 0 fully saturated rings. The van der Waals surface area contributed by atoms with E-state index in [0.29, 0.717) is 11.3 Å². The quantitative estimate of drug-likeness (QED) is 0.645. The Morgan fingerprint density at radius 2 is 2.00 bits per heavy atom. The zero-order valence-electron chi connectivity index (χ0n) is 14.2. The van der Waals surface area contributed by atoms with E-state index in [0.717, 1.165) is 28.8 Å². The van der Waals surface area contributed by atoms with Crippen LogP contribution in [0.3, 0.4) is 0 Å². The van der Waals surface area contributed by atoms with Gasteiger partial charge in [-0.1, -0.05) is 17.3 Å². The first-order chi connectivity index (χ1) is 11.7. The molecule has 0 saturated heterocycles. The number of rotatable bonds is 7. The van der Waals surface area contributed by atoms with Crippen LogP contribution in [0.4, 0.5) is 0 Å². The molecule has 8 heteroatoms. The van der Waals surface area contributed by atoms with E-state index in [1.807, 2.05) is 26.0 Å². The number of hydrogen-bond donors (Lipinski definition) is 3. The normalized spacial score (nSPS) is 13.3. The lowest BCUT2D eigenvalue weighted by molar-refractivity contribution is -0.155. The molecule has 1 aromatic heterocycles. The minimum absolute atomic E-state index is 0.385. The highest BCUT2D eigenvalue weighted by Crippen LogP contribution is 2.28. The van der Waals surface area contributed by atoms with Crippen molar-refractivity contribution in [1.82, 2.24) is 10.5 Å². The summed E-state index contributed by atoms with van der Waals surface area (Å²) < 4.78 is 5.13. The van der Waals surface area contributed by atoms with Gasteiger partial charge in [-0.15, -0.1) is 11.8 Å². The van der Waals surface area contributed by atoms with Crippen LogP contribution in [0.1, 0.15) is 34.3 Å². The van der Waals surface area contributed by atoms with Crippen LogP contribution in [0, 0.1) is 13.8 Å². The van der Waals surface area contributed by atoms with E-state index in [2.05, 4.69) is 10.5 Å². The van der Waals surface area contributed by atoms with E-state index < -0.39 is 17.5 Å². The highest BCUT2D eigenvalue weighted by atomic mass is 32.2. The summed E-state index contributed by atoms with van der Waals surface area (Å²) in [6.07, 6.45) is 0. The Balaban J connectivity index is 2.09. The molecule has 3 N–H and O–H groups in total. The van der Waals surface area contributed by atoms with Crippen LogP contribution in [0.15, 0.2) is 33.7 Å². The number of benzene rings is 1. The molecule has 134 valence electrons. The van der Waals surface area contributed by atoms with E-state index in [1.165, 1.54) is 11.8 Å². The van der Waals surface area contributed by atoms with E-state index in [1.54, 1.807) is 12.1 Å². The third-order valence-corrected chi connectivity index (χ3v) is 4.84. The number of aryl methyl sites for hydroxylation is 2. The molecule has 7 nitrogen and oxygen atoms in total. The highest BCUT2D eigenvalue weighted by Gasteiger charge is 2.30. The number of carboxylic acids is 1. The topological polar surface area (TPSA) is 113 Å². The lowest BCUT2D eigenvalue weighted by Gasteiger charge is -2.18. The van der Waals surface area contributed by atoms with Gasteiger partial charge < -0.3 is 20.1 Å². The van der Waals surface area contributed by atoms with Crippen molar-refractivity contribution in [3.8, 4) is 0 Å². The molecular formula is C17H20N2O5S. The Bertz CT molecular complexity index is 766. The molecular weight excluding hydrogens is 344 g/mol. The van der Waals surface area contributed by atoms with Gasteiger partial charge in [-0.05, 0) is 32.9 Å². The molecule has 1 aromatic carbocycles. The van der Waals surface area contributed by atoms with Crippen LogP contribution in [0.5, 0.6) is 0 Å². The Morgan fingerprint density at radius 1 is 1.32 bits per heavy atom. The molecule has 25 heavy (non-hydrogen) atoms. The van der Waals surface area contributed by atoms with Crippen LogP contribution >= 0.6 is 11.8 Å². The molecule has 1 heterocycles. The van der Waals surface area contributed by atoms with Crippen molar-refractivity contribution in [2.75, 3.05) is 6.54 Å². The summed E-state index contributed by atoms with van der Waals surface area (Å²) in [5.74, 6) is -0.500. The van der Waals surface area contributed by atoms with Gasteiger partial charge in [0.05, 0.1) is 17.8 Å². The molecule has 1 amide bonds. The third-order valence-electron chi connectivity index (χ3n) is 3.74. The molecule has 0 spiro atoms. The molecule has 0 bridgehead atoms. The van der Waals surface area contributed by atoms with Gasteiger partial charge in [-0.25, -0.2) is 4.79 Å². The minimum atomic E-state index is -2.02. The van der Waals surface area contributed by atoms with Crippen molar-refractivity contribution in [3.63, 3.8) is 0 Å². The molecule has 0 aliphatic rings. The summed E-state index contributed by atoms with van der Waals surface area (Å²) in [5.41, 5.74) is 0.188. The fourth-order valence-corrected chi connectivity index (χ4v) is 3.26. The maximum absolute atomic E-state index is 12.4. The maximum Gasteiger partial charge on any atom is 0.337 e. The molecule has 1 unspecified atom stereocenters. The van der Waals surface area contributed by atoms with Gasteiger partial charge in [0.1, 0.15) is 5.76 Å². The summed E-state index contributed by atoms with van der Waals surface area (Å²) in [7, 11) is 0. The second-order valence-electron chi connectivity index (χ2n) is 5.85. The van der Waals surface area contributed by atoms with Crippen molar-refractivity contribution in [2.24, 2.45) is 0 Å². The number of aliphatic carboxylic acids is 1. The second-order valence-corrected chi connectivity index (χ2v) is 6.87. The molecule has 0 radical (unpaired) electrons. The number of carbonyl (C=O) groups excluding carboxylic acids is 1. The van der Waals surface area contributed by atoms with Gasteiger partial charge in [-0.2, -0.15) is 0 Å². The summed E-state index contributed by atoms with van der Waals surface area (Å²) in [6, 6.07) is 7.01. The fourth-order valence-electron chi connectivity index (χ4n) is 2.06. The number of amides is 1. The van der Waals surface area contributed by atoms with Crippen LogP contribution in [0.25, 0.3) is 0 Å². The zero-order valence-corrected chi connectivity index (χ0v) is 15.0. The van der Waals surface area contributed by atoms with Crippen molar-refractivity contribution >= 4 is 23.6 Å². The van der Waals surface area contributed by atoms with Crippen molar-refractivity contribution < 1.29 is 24.3 Å². The SMILES string of the molecule is Cc1noc(C)c1CSc1ccccc1C(=O)NCC(C)(O)C(=O)O. The molecule has 0 saturated carbocycles. The predicted octanol–water partition coefficient (Wildman–Crippen LogP) is 2.15. The summed E-state index contributed by atoms with van der Waals surface area (Å²) in [6.45, 7) is 4.44. The van der Waals surface area contributed by atoms with Crippen molar-refractivity contribution in [3.05, 3.63) is 46.8 Å². The number of nitrogens with zero attached hydrogens (tertiary/aromatic N) is 1. The van der Waals surface area contributed by atoms with Gasteiger partial charge in [-0.3, -0.25) is 4.79 Å². The number of thioether (sulfide) groups is 1. The predicted molar refractivity (Wildman–Crippen MR) is 92.6 cm³/mol. The van der Waals surface area contributed by atoms with Crippen LogP contribution in [-0.2, 0) is 10.5 Å². The number of carboxylic acid groups (broad SMARTS) is 1. The van der Waals surface area contributed by atoms with Crippen LogP contribution in [-0.4, -0.2) is 39.4 Å². The summed E-state index contributed by atoms with van der Waals surface area (Å²) >= 11 is 1.46. The van der Waals surface area contributed by atoms with E-state index in [4.69, 9.17) is 9.63 Å². The minimum Gasteiger partial charge on any atom is -0.479 e. The summed E-state index contributed by atoms with van der Waals surface area (Å²) in [5, 5.41) is 25.0. The number of aromatic nitrogens is 1. The van der Waals surface area contributed by atoms with Crippen molar-refractivity contribution in [1.29, 1.82) is 0 Å². The van der Waals surface area contributed by atoms with Crippen molar-refractivity contribution in [2.45, 2.75) is 37.0 Å². The molecule has 0 aliphatic heterocycles. The van der Waals surface area contributed by atoms with Crippen LogP contribution < -0.4 is 5.32 Å². The Morgan fingerprint density at radius 3 is 2.60 bits per heavy atom. The Hall–Kier alpha value is -2.32. The summed E-state index contributed by atoms with van der Waals surface area (Å²) in [4.78, 5) is 24.0. The third kappa shape index (κ3) is 4.61. The first kappa shape index (κ1) is 19.0. The average Bonchev–Trinajstić information content (AvgIpc) is 2.89. The Kier molecular flexibility index (Phi) is 5.86. The molecule has 1 atom stereocenters. The van der Waals surface area contributed by atoms with Gasteiger partial charge in [0.2, 0.25) is 0 Å². The van der Waals surface area contributed by atoms with E-state index in [9.17, 15) is 14.7 Å². The smallest absolute Gasteiger partial charge is 0.337 e. The van der Waals surface area contributed by atoms with Gasteiger partial charge in [0.25, 0.3) is 5.91 Å². The first-order valence-corrected chi connectivity index (χ1v) is 8.58. The average molecular weight is 364 g/mol. The second kappa shape index (κ2) is 7.71. The largest absolute Gasteiger partial charge is 0.479 e. The number of nitrogens with one attached hydrogen (secondary N) is 1. The Labute approximate surface area is 149 Å². The van der Waals surface area contributed by atoms with Crippen LogP contribution in [0.2, 0.25) is 0 Å². The van der Waals surface area contributed by atoms with Gasteiger partial charge in [0.15, 0.2) is 5.60 Å². The molecule has 2 aromatic rings. The molecule has 0 aliphatic carbocycles. The maximum atomic E-state index is 12.4. The monoisotopic (exact) mass is 364 g/mol. The zero-order chi connectivity index (χ0) is 18.6. The lowest BCUT2D eigenvalue weighted by Crippen LogP contribution is -2.46. The fraction of sp³-hybridized carbons (Fsp3) is 0.353. The lowest BCUT2D eigenvalue weighted by atomic mass is 10.1. The number of hydrogen-bond acceptors (Lipinski definition) is 6. The standard InChI is InChI=1S/C17H20N2O5S/c1-10-13(11(2)24-19-10)8-25-14-7-5-4-6-12(14)15(20)18-9-17(3,23)16(21)22/h4-7,23H,8-9H2,1-3H3,(H,18,20)(H,21,22). The number of aliphatic hydroxyl groups is 1. The highest BCUT2D eigenvalue weighted by molar-refractivity contribution is 7.98. The van der Waals surface area contributed by atoms with Gasteiger partial charge >= 0.3 is 5.97 Å².